The van der Waals surface area contributed by atoms with Crippen LogP contribution in [0.3, 0.4) is 0 Å². The van der Waals surface area contributed by atoms with Crippen LogP contribution in [0.15, 0.2) is 53.4 Å². The number of hydrogen-bond donors (Lipinski definition) is 1. The van der Waals surface area contributed by atoms with Crippen LogP contribution in [0.1, 0.15) is 67.0 Å². The standard InChI is InChI=1S/C33H40N4O5S/c1-8-37-31-27(42-7)17-26(22(4)30(31)34-35-37)29(33(5,6)32(38)39)24-14-13-21(3)25(16-24)19-36-18-20(2)15-23-11-9-10-12-28(23)43(36,40)41/h9-14,16-17,20,29H,8,15,18-19H2,1-7H3,(H,38,39)/t20-,29?/m1/s1. The first-order chi connectivity index (χ1) is 20.3. The minimum atomic E-state index is -3.73. The molecule has 0 spiro atoms. The molecule has 0 amide bonds. The summed E-state index contributed by atoms with van der Waals surface area (Å²) < 4.78 is 36.8. The number of aryl methyl sites for hydroxylation is 3. The highest BCUT2D eigenvalue weighted by molar-refractivity contribution is 7.89. The van der Waals surface area contributed by atoms with Crippen LogP contribution in [0, 0.1) is 25.2 Å². The molecule has 1 unspecified atom stereocenters. The molecule has 5 rings (SSSR count). The van der Waals surface area contributed by atoms with Crippen molar-refractivity contribution < 1.29 is 23.1 Å². The van der Waals surface area contributed by atoms with E-state index in [-0.39, 0.29) is 12.5 Å². The van der Waals surface area contributed by atoms with E-state index in [1.54, 1.807) is 42.1 Å². The van der Waals surface area contributed by atoms with Crippen molar-refractivity contribution in [2.45, 2.75) is 71.9 Å². The number of aromatic nitrogens is 3. The van der Waals surface area contributed by atoms with E-state index in [1.165, 1.54) is 0 Å². The van der Waals surface area contributed by atoms with Gasteiger partial charge in [-0.05, 0) is 92.5 Å². The van der Waals surface area contributed by atoms with Crippen molar-refractivity contribution in [1.29, 1.82) is 0 Å². The maximum Gasteiger partial charge on any atom is 0.310 e. The molecule has 4 aromatic rings. The SMILES string of the molecule is CCn1nnc2c(C)c(C(c3ccc(C)c(CN4C[C@H](C)Cc5ccccc5S4(=O)=O)c3)C(C)(C)C(=O)O)cc(OC)c21. The molecule has 3 aromatic carbocycles. The fourth-order valence-corrected chi connectivity index (χ4v) is 8.15. The molecule has 0 fully saturated rings. The molecule has 1 aliphatic heterocycles. The largest absolute Gasteiger partial charge is 0.494 e. The number of hydrogen-bond acceptors (Lipinski definition) is 6. The van der Waals surface area contributed by atoms with Crippen molar-refractivity contribution in [1.82, 2.24) is 19.3 Å². The number of carbonyl (C=O) groups is 1. The van der Waals surface area contributed by atoms with E-state index < -0.39 is 27.3 Å². The average molecular weight is 605 g/mol. The predicted molar refractivity (Wildman–Crippen MR) is 166 cm³/mol. The van der Waals surface area contributed by atoms with Crippen LogP contribution in [-0.4, -0.2) is 52.4 Å². The molecule has 228 valence electrons. The van der Waals surface area contributed by atoms with Crippen LogP contribution >= 0.6 is 0 Å². The third-order valence-electron chi connectivity index (χ3n) is 8.87. The fraction of sp³-hybridized carbons (Fsp3) is 0.424. The van der Waals surface area contributed by atoms with Crippen LogP contribution in [0.2, 0.25) is 0 Å². The number of rotatable bonds is 8. The molecule has 2 atom stereocenters. The second-order valence-corrected chi connectivity index (χ2v) is 14.2. The molecule has 0 radical (unpaired) electrons. The van der Waals surface area contributed by atoms with E-state index in [1.807, 2.05) is 57.2 Å². The summed E-state index contributed by atoms with van der Waals surface area (Å²) in [5, 5.41) is 19.2. The number of carboxylic acids is 1. The Hall–Kier alpha value is -3.76. The zero-order valence-electron chi connectivity index (χ0n) is 25.9. The van der Waals surface area contributed by atoms with E-state index in [0.717, 1.165) is 38.9 Å². The highest BCUT2D eigenvalue weighted by atomic mass is 32.2. The average Bonchev–Trinajstić information content (AvgIpc) is 3.37. The minimum absolute atomic E-state index is 0.138. The lowest BCUT2D eigenvalue weighted by atomic mass is 9.69. The lowest BCUT2D eigenvalue weighted by molar-refractivity contribution is -0.147. The fourth-order valence-electron chi connectivity index (χ4n) is 6.38. The van der Waals surface area contributed by atoms with E-state index in [2.05, 4.69) is 17.2 Å². The molecule has 43 heavy (non-hydrogen) atoms. The summed E-state index contributed by atoms with van der Waals surface area (Å²) in [6.07, 6.45) is 0.687. The number of fused-ring (bicyclic) bond motifs is 2. The Morgan fingerprint density at radius 3 is 2.56 bits per heavy atom. The quantitative estimate of drug-likeness (QED) is 0.274. The summed E-state index contributed by atoms with van der Waals surface area (Å²) in [4.78, 5) is 13.1. The van der Waals surface area contributed by atoms with E-state index >= 15 is 0 Å². The number of benzene rings is 3. The van der Waals surface area contributed by atoms with Crippen LogP contribution in [0.5, 0.6) is 5.75 Å². The predicted octanol–water partition coefficient (Wildman–Crippen LogP) is 5.70. The number of ether oxygens (including phenoxy) is 1. The third kappa shape index (κ3) is 5.31. The summed E-state index contributed by atoms with van der Waals surface area (Å²) in [7, 11) is -2.14. The summed E-state index contributed by atoms with van der Waals surface area (Å²) in [5.74, 6) is -0.825. The van der Waals surface area contributed by atoms with Crippen LogP contribution < -0.4 is 4.74 Å². The molecule has 0 bridgehead atoms. The molecule has 0 aliphatic carbocycles. The molecule has 0 saturated carbocycles. The van der Waals surface area contributed by atoms with Crippen molar-refractivity contribution in [2.75, 3.05) is 13.7 Å². The Balaban J connectivity index is 1.66. The van der Waals surface area contributed by atoms with E-state index in [9.17, 15) is 18.3 Å². The topological polar surface area (TPSA) is 115 Å². The lowest BCUT2D eigenvalue weighted by Gasteiger charge is -2.33. The van der Waals surface area contributed by atoms with Crippen LogP contribution in [-0.2, 0) is 34.3 Å². The van der Waals surface area contributed by atoms with Gasteiger partial charge >= 0.3 is 5.97 Å². The summed E-state index contributed by atoms with van der Waals surface area (Å²) in [5.41, 5.74) is 5.21. The monoisotopic (exact) mass is 604 g/mol. The van der Waals surface area contributed by atoms with E-state index in [0.29, 0.717) is 35.7 Å². The number of sulfonamides is 1. The van der Waals surface area contributed by atoms with Gasteiger partial charge < -0.3 is 9.84 Å². The molecule has 2 heterocycles. The lowest BCUT2D eigenvalue weighted by Crippen LogP contribution is -2.34. The maximum absolute atomic E-state index is 13.9. The van der Waals surface area contributed by atoms with Gasteiger partial charge in [-0.1, -0.05) is 48.5 Å². The van der Waals surface area contributed by atoms with Gasteiger partial charge in [0.2, 0.25) is 10.0 Å². The number of nitrogens with zero attached hydrogens (tertiary/aromatic N) is 4. The zero-order valence-corrected chi connectivity index (χ0v) is 26.7. The Kier molecular flexibility index (Phi) is 8.13. The molecule has 1 N–H and O–H groups in total. The highest BCUT2D eigenvalue weighted by Crippen LogP contribution is 2.46. The van der Waals surface area contributed by atoms with Gasteiger partial charge in [-0.2, -0.15) is 4.31 Å². The minimum Gasteiger partial charge on any atom is -0.494 e. The number of methoxy groups -OCH3 is 1. The van der Waals surface area contributed by atoms with Gasteiger partial charge in [0, 0.05) is 25.6 Å². The first kappa shape index (κ1) is 30.7. The summed E-state index contributed by atoms with van der Waals surface area (Å²) in [6, 6.07) is 15.0. The van der Waals surface area contributed by atoms with Gasteiger partial charge in [-0.25, -0.2) is 13.1 Å². The van der Waals surface area contributed by atoms with Crippen LogP contribution in [0.4, 0.5) is 0 Å². The van der Waals surface area contributed by atoms with Crippen molar-refractivity contribution in [2.24, 2.45) is 11.3 Å². The highest BCUT2D eigenvalue weighted by Gasteiger charge is 2.41. The van der Waals surface area contributed by atoms with Gasteiger partial charge in [-0.3, -0.25) is 4.79 Å². The number of aliphatic carboxylic acids is 1. The molecular formula is C33H40N4O5S. The van der Waals surface area contributed by atoms with Gasteiger partial charge in [-0.15, -0.1) is 5.10 Å². The third-order valence-corrected chi connectivity index (χ3v) is 10.8. The summed E-state index contributed by atoms with van der Waals surface area (Å²) >= 11 is 0. The molecule has 10 heteroatoms. The first-order valence-corrected chi connectivity index (χ1v) is 16.1. The van der Waals surface area contributed by atoms with Crippen LogP contribution in [0.25, 0.3) is 11.0 Å². The second kappa shape index (κ2) is 11.4. The van der Waals surface area contributed by atoms with Crippen molar-refractivity contribution >= 4 is 27.0 Å². The smallest absolute Gasteiger partial charge is 0.310 e. The van der Waals surface area contributed by atoms with Gasteiger partial charge in [0.25, 0.3) is 0 Å². The normalized spacial score (nSPS) is 17.8. The molecule has 0 saturated heterocycles. The van der Waals surface area contributed by atoms with Crippen molar-refractivity contribution in [3.05, 3.63) is 81.9 Å². The van der Waals surface area contributed by atoms with Gasteiger partial charge in [0.15, 0.2) is 0 Å². The molecule has 1 aromatic heterocycles. The Morgan fingerprint density at radius 2 is 1.88 bits per heavy atom. The van der Waals surface area contributed by atoms with Crippen molar-refractivity contribution in [3.8, 4) is 5.75 Å². The molecule has 9 nitrogen and oxygen atoms in total. The zero-order chi connectivity index (χ0) is 31.3. The van der Waals surface area contributed by atoms with E-state index in [4.69, 9.17) is 4.74 Å². The second-order valence-electron chi connectivity index (χ2n) is 12.3. The van der Waals surface area contributed by atoms with Crippen molar-refractivity contribution in [3.63, 3.8) is 0 Å². The molecule has 1 aliphatic rings. The number of carboxylic acid groups (broad SMARTS) is 1. The maximum atomic E-state index is 13.9. The molecular weight excluding hydrogens is 564 g/mol. The first-order valence-electron chi connectivity index (χ1n) is 14.6. The van der Waals surface area contributed by atoms with Gasteiger partial charge in [0.05, 0.1) is 17.4 Å². The Bertz CT molecular complexity index is 1810. The summed E-state index contributed by atoms with van der Waals surface area (Å²) in [6.45, 7) is 12.6. The Labute approximate surface area is 253 Å². The van der Waals surface area contributed by atoms with Gasteiger partial charge in [0.1, 0.15) is 16.8 Å². The Morgan fingerprint density at radius 1 is 1.16 bits per heavy atom.